The summed E-state index contributed by atoms with van der Waals surface area (Å²) in [5, 5.41) is -0.608. The van der Waals surface area contributed by atoms with Gasteiger partial charge >= 0.3 is 5.30 Å². The first-order chi connectivity index (χ1) is 8.20. The number of thiol groups is 1. The number of carbonyl (C=O) groups excluding carboxylic acids is 1. The average Bonchev–Trinajstić information content (AvgIpc) is 2.77. The van der Waals surface area contributed by atoms with Crippen molar-refractivity contribution in [1.29, 1.82) is 0 Å². The Kier molecular flexibility index (Phi) is 4.48. The van der Waals surface area contributed by atoms with Gasteiger partial charge in [-0.3, -0.25) is 0 Å². The maximum Gasteiger partial charge on any atom is 0.364 e. The highest BCUT2D eigenvalue weighted by Gasteiger charge is 2.53. The number of hydrogen-bond acceptors (Lipinski definition) is 4. The van der Waals surface area contributed by atoms with Crippen LogP contribution in [0.2, 0.25) is 0 Å². The first-order valence-corrected chi connectivity index (χ1v) is 6.42. The van der Waals surface area contributed by atoms with Crippen LogP contribution < -0.4 is 0 Å². The second kappa shape index (κ2) is 5.89. The van der Waals surface area contributed by atoms with Gasteiger partial charge in [-0.1, -0.05) is 25.6 Å². The molecule has 0 amide bonds. The summed E-state index contributed by atoms with van der Waals surface area (Å²) in [6.07, 6.45) is 4.05. The summed E-state index contributed by atoms with van der Waals surface area (Å²) in [7, 11) is 0. The summed E-state index contributed by atoms with van der Waals surface area (Å²) >= 11 is 3.46. The van der Waals surface area contributed by atoms with Gasteiger partial charge in [-0.15, -0.1) is 0 Å². The van der Waals surface area contributed by atoms with Crippen molar-refractivity contribution in [2.24, 2.45) is 17.8 Å². The molecule has 2 rings (SSSR count). The minimum absolute atomic E-state index is 0.156. The van der Waals surface area contributed by atoms with E-state index in [2.05, 4.69) is 23.9 Å². The number of carbonyl (C=O) groups is 1. The van der Waals surface area contributed by atoms with E-state index >= 15 is 0 Å². The van der Waals surface area contributed by atoms with E-state index in [9.17, 15) is 4.79 Å². The van der Waals surface area contributed by atoms with Crippen LogP contribution in [0.5, 0.6) is 0 Å². The lowest BCUT2D eigenvalue weighted by molar-refractivity contribution is -0.291. The molecule has 0 spiro atoms. The molecule has 17 heavy (non-hydrogen) atoms. The van der Waals surface area contributed by atoms with Crippen LogP contribution in [0.4, 0.5) is 4.79 Å². The van der Waals surface area contributed by atoms with E-state index in [1.54, 1.807) is 0 Å². The van der Waals surface area contributed by atoms with Crippen molar-refractivity contribution in [1.82, 2.24) is 0 Å². The molecule has 2 aliphatic carbocycles. The third-order valence-electron chi connectivity index (χ3n) is 3.60. The summed E-state index contributed by atoms with van der Waals surface area (Å²) in [5.74, 6) is 2.37. The van der Waals surface area contributed by atoms with Crippen LogP contribution in [0.1, 0.15) is 19.3 Å². The zero-order valence-corrected chi connectivity index (χ0v) is 10.7. The van der Waals surface area contributed by atoms with Crippen molar-refractivity contribution in [2.45, 2.75) is 19.3 Å². The molecule has 96 valence electrons. The summed E-state index contributed by atoms with van der Waals surface area (Å²) in [5.41, 5.74) is 1.13. The van der Waals surface area contributed by atoms with Gasteiger partial charge < -0.3 is 4.74 Å². The Morgan fingerprint density at radius 3 is 2.59 bits per heavy atom. The minimum atomic E-state index is -0.608. The molecular formula is C12H18O4S. The highest BCUT2D eigenvalue weighted by Crippen LogP contribution is 2.60. The monoisotopic (exact) mass is 258 g/mol. The van der Waals surface area contributed by atoms with Crippen molar-refractivity contribution in [3.63, 3.8) is 0 Å². The summed E-state index contributed by atoms with van der Waals surface area (Å²) < 4.78 is 4.57. The van der Waals surface area contributed by atoms with E-state index in [1.807, 2.05) is 0 Å². The Bertz CT molecular complexity index is 295. The van der Waals surface area contributed by atoms with E-state index in [0.717, 1.165) is 17.4 Å². The maximum atomic E-state index is 10.3. The van der Waals surface area contributed by atoms with Crippen LogP contribution in [0.15, 0.2) is 12.2 Å². The van der Waals surface area contributed by atoms with Crippen LogP contribution in [-0.2, 0) is 14.5 Å². The highest BCUT2D eigenvalue weighted by atomic mass is 32.1. The Balaban J connectivity index is 1.48. The molecule has 0 saturated heterocycles. The van der Waals surface area contributed by atoms with E-state index in [1.165, 1.54) is 19.3 Å². The van der Waals surface area contributed by atoms with Gasteiger partial charge in [-0.25, -0.2) is 14.6 Å². The lowest BCUT2D eigenvalue weighted by Gasteiger charge is -2.08. The van der Waals surface area contributed by atoms with Crippen molar-refractivity contribution in [3.8, 4) is 0 Å². The second-order valence-corrected chi connectivity index (χ2v) is 5.01. The molecule has 2 atom stereocenters. The molecule has 0 bridgehead atoms. The summed E-state index contributed by atoms with van der Waals surface area (Å²) in [4.78, 5) is 20.2. The van der Waals surface area contributed by atoms with Crippen LogP contribution >= 0.6 is 12.6 Å². The van der Waals surface area contributed by atoms with Crippen LogP contribution in [0.3, 0.4) is 0 Å². The van der Waals surface area contributed by atoms with Gasteiger partial charge in [0.25, 0.3) is 0 Å². The standard InChI is InChI=1S/C12H18O4S/c1-8(11-9-3-2-4-10(9)11)7-16-15-6-5-14-12(13)17/h9-11H,1-7H2,(H,13,17). The van der Waals surface area contributed by atoms with Crippen molar-refractivity contribution in [2.75, 3.05) is 19.8 Å². The molecule has 0 radical (unpaired) electrons. The lowest BCUT2D eigenvalue weighted by Crippen LogP contribution is -2.08. The molecule has 5 heteroatoms. The van der Waals surface area contributed by atoms with E-state index in [0.29, 0.717) is 12.5 Å². The molecule has 0 aromatic rings. The molecular weight excluding hydrogens is 240 g/mol. The highest BCUT2D eigenvalue weighted by molar-refractivity contribution is 7.96. The molecule has 2 aliphatic rings. The van der Waals surface area contributed by atoms with Gasteiger partial charge in [0.1, 0.15) is 19.8 Å². The SMILES string of the molecule is C=C(COOCCOC(=O)S)C1C2CCCC21. The van der Waals surface area contributed by atoms with E-state index in [-0.39, 0.29) is 13.2 Å². The van der Waals surface area contributed by atoms with Gasteiger partial charge in [-0.05, 0) is 36.2 Å². The smallest absolute Gasteiger partial charge is 0.364 e. The molecule has 0 aliphatic heterocycles. The normalized spacial score (nSPS) is 29.8. The Hall–Kier alpha value is -0.520. The predicted octanol–water partition coefficient (Wildman–Crippen LogP) is 2.60. The third kappa shape index (κ3) is 3.47. The molecule has 0 aromatic carbocycles. The van der Waals surface area contributed by atoms with E-state index in [4.69, 9.17) is 9.78 Å². The van der Waals surface area contributed by atoms with Gasteiger partial charge in [0.2, 0.25) is 0 Å². The quantitative estimate of drug-likeness (QED) is 0.190. The van der Waals surface area contributed by atoms with Gasteiger partial charge in [0.05, 0.1) is 0 Å². The maximum absolute atomic E-state index is 10.3. The fraction of sp³-hybridized carbons (Fsp3) is 0.750. The van der Waals surface area contributed by atoms with Crippen LogP contribution in [-0.4, -0.2) is 25.1 Å². The largest absolute Gasteiger partial charge is 0.455 e. The number of ether oxygens (including phenoxy) is 1. The summed E-state index contributed by atoms with van der Waals surface area (Å²) in [6.45, 7) is 4.86. The van der Waals surface area contributed by atoms with Crippen LogP contribution in [0.25, 0.3) is 0 Å². The number of rotatable bonds is 7. The van der Waals surface area contributed by atoms with Gasteiger partial charge in [-0.2, -0.15) is 0 Å². The zero-order valence-electron chi connectivity index (χ0n) is 9.76. The third-order valence-corrected chi connectivity index (χ3v) is 3.73. The minimum Gasteiger partial charge on any atom is -0.455 e. The van der Waals surface area contributed by atoms with Gasteiger partial charge in [0, 0.05) is 0 Å². The molecule has 0 N–H and O–H groups in total. The lowest BCUT2D eigenvalue weighted by atomic mass is 10.1. The van der Waals surface area contributed by atoms with E-state index < -0.39 is 5.30 Å². The Labute approximate surface area is 107 Å². The topological polar surface area (TPSA) is 44.8 Å². The fourth-order valence-corrected chi connectivity index (χ4v) is 2.95. The first-order valence-electron chi connectivity index (χ1n) is 5.98. The molecule has 4 nitrogen and oxygen atoms in total. The predicted molar refractivity (Wildman–Crippen MR) is 65.7 cm³/mol. The first kappa shape index (κ1) is 12.9. The zero-order chi connectivity index (χ0) is 12.3. The van der Waals surface area contributed by atoms with Crippen molar-refractivity contribution >= 4 is 17.9 Å². The number of hydrogen-bond donors (Lipinski definition) is 1. The Morgan fingerprint density at radius 2 is 1.94 bits per heavy atom. The molecule has 0 aromatic heterocycles. The van der Waals surface area contributed by atoms with Crippen molar-refractivity contribution in [3.05, 3.63) is 12.2 Å². The molecule has 2 unspecified atom stereocenters. The molecule has 2 fully saturated rings. The van der Waals surface area contributed by atoms with Crippen LogP contribution in [0, 0.1) is 17.8 Å². The Morgan fingerprint density at radius 1 is 1.24 bits per heavy atom. The molecule has 2 saturated carbocycles. The average molecular weight is 258 g/mol. The van der Waals surface area contributed by atoms with Crippen molar-refractivity contribution < 1.29 is 19.3 Å². The number of fused-ring (bicyclic) bond motifs is 1. The van der Waals surface area contributed by atoms with Gasteiger partial charge in [0.15, 0.2) is 0 Å². The molecule has 0 heterocycles. The second-order valence-electron chi connectivity index (χ2n) is 4.64. The summed E-state index contributed by atoms with van der Waals surface area (Å²) in [6, 6.07) is 0. The fourth-order valence-electron chi connectivity index (χ4n) is 2.86.